The molecular weight excluding hydrogens is 547 g/mol. The van der Waals surface area contributed by atoms with Crippen molar-refractivity contribution in [1.29, 1.82) is 0 Å². The van der Waals surface area contributed by atoms with Gasteiger partial charge >= 0.3 is 5.97 Å². The SMILES string of the molecule is CC(C)(C)OC(=O)CN(c1ccc2c(c1)CCN2C(=O)Cc1ccccc1)S(=O)(=O)c1cc(Cl)cc(Cl)c1. The van der Waals surface area contributed by atoms with Crippen LogP contribution >= 0.6 is 23.2 Å². The third-order valence-corrected chi connectivity index (χ3v) is 8.05. The highest BCUT2D eigenvalue weighted by atomic mass is 35.5. The summed E-state index contributed by atoms with van der Waals surface area (Å²) < 4.78 is 33.9. The normalized spacial score (nSPS) is 13.2. The van der Waals surface area contributed by atoms with Gasteiger partial charge in [-0.15, -0.1) is 0 Å². The maximum Gasteiger partial charge on any atom is 0.327 e. The van der Waals surface area contributed by atoms with Crippen molar-refractivity contribution < 1.29 is 22.7 Å². The maximum absolute atomic E-state index is 13.8. The molecule has 0 spiro atoms. The van der Waals surface area contributed by atoms with Crippen LogP contribution < -0.4 is 9.21 Å². The molecule has 0 unspecified atom stereocenters. The minimum atomic E-state index is -4.25. The number of fused-ring (bicyclic) bond motifs is 1. The van der Waals surface area contributed by atoms with Crippen LogP contribution in [0.15, 0.2) is 71.6 Å². The number of amides is 1. The molecule has 3 aromatic rings. The summed E-state index contributed by atoms with van der Waals surface area (Å²) in [5, 5.41) is 0.296. The number of rotatable bonds is 7. The lowest BCUT2D eigenvalue weighted by Crippen LogP contribution is -2.39. The summed E-state index contributed by atoms with van der Waals surface area (Å²) in [6.07, 6.45) is 0.809. The fourth-order valence-electron chi connectivity index (χ4n) is 4.28. The van der Waals surface area contributed by atoms with Gasteiger partial charge in [-0.05, 0) is 74.7 Å². The van der Waals surface area contributed by atoms with Crippen LogP contribution in [0.2, 0.25) is 10.0 Å². The van der Waals surface area contributed by atoms with Gasteiger partial charge in [-0.1, -0.05) is 53.5 Å². The quantitative estimate of drug-likeness (QED) is 0.340. The maximum atomic E-state index is 13.8. The van der Waals surface area contributed by atoms with Crippen LogP contribution in [-0.4, -0.2) is 39.0 Å². The van der Waals surface area contributed by atoms with Gasteiger partial charge < -0.3 is 9.64 Å². The van der Waals surface area contributed by atoms with E-state index in [9.17, 15) is 18.0 Å². The largest absolute Gasteiger partial charge is 0.459 e. The molecule has 7 nitrogen and oxygen atoms in total. The van der Waals surface area contributed by atoms with Crippen molar-refractivity contribution >= 4 is 56.5 Å². The number of anilines is 2. The highest BCUT2D eigenvalue weighted by Crippen LogP contribution is 2.35. The van der Waals surface area contributed by atoms with E-state index in [-0.39, 0.29) is 33.0 Å². The van der Waals surface area contributed by atoms with Gasteiger partial charge in [0.2, 0.25) is 5.91 Å². The molecular formula is C28H28Cl2N2O5S. The zero-order chi connectivity index (χ0) is 27.7. The summed E-state index contributed by atoms with van der Waals surface area (Å²) in [4.78, 5) is 27.3. The first-order chi connectivity index (χ1) is 17.8. The number of carbonyl (C=O) groups is 2. The molecule has 0 aliphatic carbocycles. The third-order valence-electron chi connectivity index (χ3n) is 5.86. The van der Waals surface area contributed by atoms with Crippen molar-refractivity contribution in [2.45, 2.75) is 44.1 Å². The van der Waals surface area contributed by atoms with Gasteiger partial charge in [-0.2, -0.15) is 0 Å². The average molecular weight is 576 g/mol. The summed E-state index contributed by atoms with van der Waals surface area (Å²) in [5.74, 6) is -0.760. The van der Waals surface area contributed by atoms with Crippen molar-refractivity contribution in [3.8, 4) is 0 Å². The second-order valence-electron chi connectivity index (χ2n) is 9.97. The van der Waals surface area contributed by atoms with E-state index in [1.807, 2.05) is 30.3 Å². The second kappa shape index (κ2) is 11.0. The molecule has 38 heavy (non-hydrogen) atoms. The molecule has 3 aromatic carbocycles. The zero-order valence-corrected chi connectivity index (χ0v) is 23.6. The standard InChI is InChI=1S/C28H28Cl2N2O5S/c1-28(2,3)37-27(34)18-32(38(35,36)24-16-21(29)15-22(30)17-24)23-9-10-25-20(14-23)11-12-31(25)26(33)13-19-7-5-4-6-8-19/h4-10,14-17H,11-13,18H2,1-3H3. The number of sulfonamides is 1. The van der Waals surface area contributed by atoms with Crippen molar-refractivity contribution in [2.75, 3.05) is 22.3 Å². The Morgan fingerprint density at radius 1 is 0.974 bits per heavy atom. The Balaban J connectivity index is 1.68. The van der Waals surface area contributed by atoms with E-state index in [0.717, 1.165) is 21.1 Å². The molecule has 0 radical (unpaired) electrons. The predicted molar refractivity (Wildman–Crippen MR) is 149 cm³/mol. The molecule has 1 aliphatic heterocycles. The van der Waals surface area contributed by atoms with Crippen molar-refractivity contribution in [3.05, 3.63) is 87.9 Å². The minimum Gasteiger partial charge on any atom is -0.459 e. The third kappa shape index (κ3) is 6.49. The summed E-state index contributed by atoms with van der Waals surface area (Å²) in [6.45, 7) is 5.04. The van der Waals surface area contributed by atoms with Crippen LogP contribution in [-0.2, 0) is 37.2 Å². The Bertz CT molecular complexity index is 1450. The molecule has 0 aromatic heterocycles. The topological polar surface area (TPSA) is 84.0 Å². The lowest BCUT2D eigenvalue weighted by molar-refractivity contribution is -0.152. The summed E-state index contributed by atoms with van der Waals surface area (Å²) in [5.41, 5.74) is 1.90. The number of halogens is 2. The van der Waals surface area contributed by atoms with Gasteiger partial charge in [-0.25, -0.2) is 8.42 Å². The van der Waals surface area contributed by atoms with Crippen molar-refractivity contribution in [1.82, 2.24) is 0 Å². The molecule has 1 heterocycles. The first kappa shape index (κ1) is 28.0. The average Bonchev–Trinajstić information content (AvgIpc) is 3.25. The van der Waals surface area contributed by atoms with E-state index in [4.69, 9.17) is 27.9 Å². The highest BCUT2D eigenvalue weighted by molar-refractivity contribution is 7.92. The highest BCUT2D eigenvalue weighted by Gasteiger charge is 2.32. The molecule has 4 rings (SSSR count). The Kier molecular flexibility index (Phi) is 8.06. The van der Waals surface area contributed by atoms with Gasteiger partial charge in [-0.3, -0.25) is 13.9 Å². The van der Waals surface area contributed by atoms with Crippen LogP contribution in [0.5, 0.6) is 0 Å². The lowest BCUT2D eigenvalue weighted by Gasteiger charge is -2.27. The van der Waals surface area contributed by atoms with Gasteiger partial charge in [0.15, 0.2) is 0 Å². The van der Waals surface area contributed by atoms with Crippen molar-refractivity contribution in [3.63, 3.8) is 0 Å². The molecule has 0 fully saturated rings. The van der Waals surface area contributed by atoms with Crippen molar-refractivity contribution in [2.24, 2.45) is 0 Å². The monoisotopic (exact) mass is 574 g/mol. The van der Waals surface area contributed by atoms with E-state index in [2.05, 4.69) is 0 Å². The summed E-state index contributed by atoms with van der Waals surface area (Å²) in [6, 6.07) is 18.5. The molecule has 0 saturated heterocycles. The van der Waals surface area contributed by atoms with Crippen LogP contribution in [0.3, 0.4) is 0 Å². The van der Waals surface area contributed by atoms with E-state index in [1.165, 1.54) is 18.2 Å². The fraction of sp³-hybridized carbons (Fsp3) is 0.286. The summed E-state index contributed by atoms with van der Waals surface area (Å²) >= 11 is 12.2. The number of nitrogens with zero attached hydrogens (tertiary/aromatic N) is 2. The Labute approximate surface area is 233 Å². The molecule has 0 N–H and O–H groups in total. The van der Waals surface area contributed by atoms with E-state index in [0.29, 0.717) is 13.0 Å². The Hall–Kier alpha value is -3.07. The summed E-state index contributed by atoms with van der Waals surface area (Å²) in [7, 11) is -4.25. The van der Waals surface area contributed by atoms with E-state index < -0.39 is 28.1 Å². The first-order valence-electron chi connectivity index (χ1n) is 12.0. The molecule has 0 bridgehead atoms. The number of hydrogen-bond donors (Lipinski definition) is 0. The van der Waals surface area contributed by atoms with Gasteiger partial charge in [0.1, 0.15) is 12.1 Å². The van der Waals surface area contributed by atoms with E-state index >= 15 is 0 Å². The molecule has 1 amide bonds. The Morgan fingerprint density at radius 2 is 1.63 bits per heavy atom. The van der Waals surface area contributed by atoms with Crippen LogP contribution in [0.1, 0.15) is 31.9 Å². The molecule has 10 heteroatoms. The smallest absolute Gasteiger partial charge is 0.327 e. The first-order valence-corrected chi connectivity index (χ1v) is 14.2. The number of benzene rings is 3. The minimum absolute atomic E-state index is 0.0468. The zero-order valence-electron chi connectivity index (χ0n) is 21.3. The predicted octanol–water partition coefficient (Wildman–Crippen LogP) is 5.66. The number of esters is 1. The molecule has 1 aliphatic rings. The van der Waals surface area contributed by atoms with Crippen LogP contribution in [0.25, 0.3) is 0 Å². The van der Waals surface area contributed by atoms with Gasteiger partial charge in [0, 0.05) is 22.3 Å². The Morgan fingerprint density at radius 3 is 2.26 bits per heavy atom. The van der Waals surface area contributed by atoms with Crippen LogP contribution in [0.4, 0.5) is 11.4 Å². The van der Waals surface area contributed by atoms with Gasteiger partial charge in [0.05, 0.1) is 17.0 Å². The van der Waals surface area contributed by atoms with Gasteiger partial charge in [0.25, 0.3) is 10.0 Å². The lowest BCUT2D eigenvalue weighted by atomic mass is 10.1. The molecule has 0 atom stereocenters. The number of carbonyl (C=O) groups excluding carboxylic acids is 2. The molecule has 200 valence electrons. The second-order valence-corrected chi connectivity index (χ2v) is 12.7. The number of ether oxygens (including phenoxy) is 1. The van der Waals surface area contributed by atoms with Crippen LogP contribution in [0, 0.1) is 0 Å². The fourth-order valence-corrected chi connectivity index (χ4v) is 6.41. The molecule has 0 saturated carbocycles. The number of hydrogen-bond acceptors (Lipinski definition) is 5. The van der Waals surface area contributed by atoms with E-state index in [1.54, 1.807) is 43.9 Å².